The summed E-state index contributed by atoms with van der Waals surface area (Å²) in [7, 11) is 0. The Hall–Kier alpha value is -0.972. The largest absolute Gasteiger partial charge is 0.481 e. The van der Waals surface area contributed by atoms with Crippen molar-refractivity contribution < 1.29 is 125 Å². The van der Waals surface area contributed by atoms with E-state index in [1.54, 1.807) is 0 Å². The van der Waals surface area contributed by atoms with Gasteiger partial charge in [-0.2, -0.15) is 0 Å². The van der Waals surface area contributed by atoms with Crippen LogP contribution in [0, 0.1) is 0 Å². The van der Waals surface area contributed by atoms with Crippen LogP contribution in [-0.4, -0.2) is 66.5 Å². The molecule has 0 atom stereocenters. The first-order chi connectivity index (χ1) is 13.9. The normalized spacial score (nSPS) is 8.62. The summed E-state index contributed by atoms with van der Waals surface area (Å²) in [5, 5.41) is 48.8. The van der Waals surface area contributed by atoms with Gasteiger partial charge in [0.05, 0.1) is 0 Å². The van der Waals surface area contributed by atoms with Crippen molar-refractivity contribution in [1.82, 2.24) is 0 Å². The Labute approximate surface area is 235 Å². The van der Waals surface area contributed by atoms with Gasteiger partial charge in [0.15, 0.2) is 0 Å². The van der Waals surface area contributed by atoms with Crippen LogP contribution >= 0.6 is 0 Å². The third kappa shape index (κ3) is 56.8. The number of carbonyl (C=O) groups is 6. The first-order valence-corrected chi connectivity index (χ1v) is 9.19. The summed E-state index contributed by atoms with van der Waals surface area (Å²) < 4.78 is 0. The molecular weight excluding hydrogens is 586 g/mol. The average Bonchev–Trinajstić information content (AvgIpc) is 2.60. The second-order valence-electron chi connectivity index (χ2n) is 5.98. The van der Waals surface area contributed by atoms with Gasteiger partial charge in [0.2, 0.25) is 0 Å². The topological polar surface area (TPSA) is 224 Å². The summed E-state index contributed by atoms with van der Waals surface area (Å²) >= 11 is 0. The molecule has 0 fully saturated rings. The molecule has 0 amide bonds. The molecular formula is C18H30O12Y2. The fraction of sp³-hybridized carbons (Fsp3) is 0.667. The zero-order chi connectivity index (χ0) is 23.9. The molecule has 0 saturated carbocycles. The molecule has 6 N–H and O–H groups in total. The molecule has 0 unspecified atom stereocenters. The van der Waals surface area contributed by atoms with Gasteiger partial charge in [0.25, 0.3) is 0 Å². The van der Waals surface area contributed by atoms with Crippen LogP contribution in [0.1, 0.15) is 77.0 Å². The Bertz CT molecular complexity index is 428. The molecule has 0 aromatic carbocycles. The van der Waals surface area contributed by atoms with Crippen molar-refractivity contribution in [2.75, 3.05) is 0 Å². The fourth-order valence-corrected chi connectivity index (χ4v) is 1.66. The minimum absolute atomic E-state index is 0. The number of aliphatic carboxylic acids is 6. The molecule has 0 aliphatic rings. The summed E-state index contributed by atoms with van der Waals surface area (Å²) in [5.74, 6) is -5.22. The van der Waals surface area contributed by atoms with Crippen molar-refractivity contribution in [1.29, 1.82) is 0 Å². The predicted molar refractivity (Wildman–Crippen MR) is 101 cm³/mol. The van der Waals surface area contributed by atoms with Crippen molar-refractivity contribution in [3.63, 3.8) is 0 Å². The van der Waals surface area contributed by atoms with Crippen molar-refractivity contribution in [2.45, 2.75) is 77.0 Å². The summed E-state index contributed by atoms with van der Waals surface area (Å²) in [4.78, 5) is 59.4. The van der Waals surface area contributed by atoms with E-state index in [4.69, 9.17) is 30.6 Å². The van der Waals surface area contributed by atoms with Gasteiger partial charge in [0, 0.05) is 104 Å². The van der Waals surface area contributed by atoms with E-state index in [1.807, 2.05) is 0 Å². The number of hydrogen-bond donors (Lipinski definition) is 6. The maximum absolute atomic E-state index is 9.90. The minimum Gasteiger partial charge on any atom is -0.481 e. The standard InChI is InChI=1S/3C6H10O4.2Y/c3*7-5(8)3-1-2-4-6(9)10;;/h3*1-4H2,(H,7,8)(H,9,10);;. The smallest absolute Gasteiger partial charge is 0.303 e. The molecule has 180 valence electrons. The van der Waals surface area contributed by atoms with E-state index < -0.39 is 35.8 Å². The monoisotopic (exact) mass is 616 g/mol. The molecule has 0 rings (SSSR count). The van der Waals surface area contributed by atoms with Gasteiger partial charge in [-0.05, 0) is 38.5 Å². The van der Waals surface area contributed by atoms with E-state index in [-0.39, 0.29) is 104 Å². The second-order valence-corrected chi connectivity index (χ2v) is 5.98. The van der Waals surface area contributed by atoms with Gasteiger partial charge >= 0.3 is 35.8 Å². The molecule has 0 aromatic heterocycles. The van der Waals surface area contributed by atoms with Crippen molar-refractivity contribution in [3.8, 4) is 0 Å². The number of unbranched alkanes of at least 4 members (excludes halogenated alkanes) is 3. The van der Waals surface area contributed by atoms with Crippen LogP contribution < -0.4 is 0 Å². The SMILES string of the molecule is O=C(O)CCCCC(=O)O.O=C(O)CCCCC(=O)O.O=C(O)CCCCC(=O)O.[Y].[Y]. The Morgan fingerprint density at radius 3 is 0.469 bits per heavy atom. The van der Waals surface area contributed by atoms with E-state index in [2.05, 4.69) is 0 Å². The third-order valence-electron chi connectivity index (χ3n) is 3.09. The number of rotatable bonds is 15. The number of hydrogen-bond acceptors (Lipinski definition) is 6. The van der Waals surface area contributed by atoms with E-state index in [1.165, 1.54) is 0 Å². The van der Waals surface area contributed by atoms with Gasteiger partial charge in [-0.3, -0.25) is 28.8 Å². The predicted octanol–water partition coefficient (Wildman–Crippen LogP) is 2.14. The van der Waals surface area contributed by atoms with Crippen LogP contribution in [0.5, 0.6) is 0 Å². The van der Waals surface area contributed by atoms with Crippen LogP contribution in [0.3, 0.4) is 0 Å². The zero-order valence-corrected chi connectivity index (χ0v) is 23.4. The van der Waals surface area contributed by atoms with E-state index in [0.29, 0.717) is 38.5 Å². The molecule has 12 nitrogen and oxygen atoms in total. The Balaban J connectivity index is -0.000000110. The first-order valence-electron chi connectivity index (χ1n) is 9.19. The van der Waals surface area contributed by atoms with Crippen LogP contribution in [0.25, 0.3) is 0 Å². The third-order valence-corrected chi connectivity index (χ3v) is 3.09. The average molecular weight is 616 g/mol. The number of carboxylic acids is 6. The molecule has 0 aliphatic heterocycles. The summed E-state index contributed by atoms with van der Waals surface area (Å²) in [6.07, 6.45) is 3.05. The van der Waals surface area contributed by atoms with Gasteiger partial charge in [-0.15, -0.1) is 0 Å². The fourth-order valence-electron chi connectivity index (χ4n) is 1.66. The van der Waals surface area contributed by atoms with Crippen LogP contribution in [0.2, 0.25) is 0 Å². The van der Waals surface area contributed by atoms with Crippen molar-refractivity contribution in [2.24, 2.45) is 0 Å². The zero-order valence-electron chi connectivity index (χ0n) is 17.8. The minimum atomic E-state index is -0.870. The van der Waals surface area contributed by atoms with Crippen LogP contribution in [-0.2, 0) is 94.2 Å². The van der Waals surface area contributed by atoms with Gasteiger partial charge in [-0.25, -0.2) is 0 Å². The maximum Gasteiger partial charge on any atom is 0.303 e. The summed E-state index contributed by atoms with van der Waals surface area (Å²) in [6, 6.07) is 0. The van der Waals surface area contributed by atoms with Crippen molar-refractivity contribution >= 4 is 35.8 Å². The van der Waals surface area contributed by atoms with Gasteiger partial charge in [0.1, 0.15) is 0 Å². The Morgan fingerprint density at radius 2 is 0.406 bits per heavy atom. The Morgan fingerprint density at radius 1 is 0.312 bits per heavy atom. The molecule has 2 radical (unpaired) electrons. The van der Waals surface area contributed by atoms with E-state index in [9.17, 15) is 28.8 Å². The number of carboxylic acid groups (broad SMARTS) is 6. The van der Waals surface area contributed by atoms with Crippen LogP contribution in [0.4, 0.5) is 0 Å². The molecule has 0 aliphatic carbocycles. The molecule has 0 spiro atoms. The first kappa shape index (κ1) is 41.3. The molecule has 14 heteroatoms. The molecule has 32 heavy (non-hydrogen) atoms. The van der Waals surface area contributed by atoms with Crippen molar-refractivity contribution in [3.05, 3.63) is 0 Å². The second kappa shape index (κ2) is 30.0. The van der Waals surface area contributed by atoms with E-state index in [0.717, 1.165) is 0 Å². The Kier molecular flexibility index (Phi) is 38.8. The van der Waals surface area contributed by atoms with Gasteiger partial charge in [-0.1, -0.05) is 0 Å². The van der Waals surface area contributed by atoms with Crippen LogP contribution in [0.15, 0.2) is 0 Å². The summed E-state index contributed by atoms with van der Waals surface area (Å²) in [6.45, 7) is 0. The molecule has 0 saturated heterocycles. The van der Waals surface area contributed by atoms with E-state index >= 15 is 0 Å². The quantitative estimate of drug-likeness (QED) is 0.146. The van der Waals surface area contributed by atoms with Gasteiger partial charge < -0.3 is 30.6 Å². The molecule has 0 heterocycles. The summed E-state index contributed by atoms with van der Waals surface area (Å²) in [5.41, 5.74) is 0. The molecule has 0 aromatic rings. The maximum atomic E-state index is 9.90. The molecule has 0 bridgehead atoms.